The number of Topliss-reactive ketones (excluding diaryl/α,β-unsaturated/α-hetero) is 1. The fourth-order valence-electron chi connectivity index (χ4n) is 4.34. The fraction of sp³-hybridized carbons (Fsp3) is 0.304. The van der Waals surface area contributed by atoms with Gasteiger partial charge in [0.1, 0.15) is 0 Å². The minimum atomic E-state index is -4.33. The van der Waals surface area contributed by atoms with Crippen molar-refractivity contribution >= 4 is 49.6 Å². The standard InChI is InChI=1S/C23H27N3O6S2.3Na/c1-4-5-12-23(2)16-9-7-6-8-15(16)20(27)19(21(23)28)22-24-17-11-10-14(25-33(3,29)30)13-18(17)34(31,32)26-22;;;/h6-11,13,25,27,31-32H,4-5,12H2,1-3H3,(H,24,26);;;/q;3*+1/p-3. The summed E-state index contributed by atoms with van der Waals surface area (Å²) in [6.07, 6.45) is 3.03. The number of benzene rings is 2. The van der Waals surface area contributed by atoms with Gasteiger partial charge in [0.2, 0.25) is 10.0 Å². The van der Waals surface area contributed by atoms with Gasteiger partial charge in [-0.3, -0.25) is 9.52 Å². The molecule has 2 aromatic carbocycles. The van der Waals surface area contributed by atoms with E-state index in [9.17, 15) is 27.4 Å². The Hall–Kier alpha value is 0.140. The maximum absolute atomic E-state index is 13.7. The molecule has 2 N–H and O–H groups in total. The number of anilines is 2. The molecule has 1 atom stereocenters. The number of carbonyl (C=O) groups is 1. The average Bonchev–Trinajstić information content (AvgIpc) is 2.76. The van der Waals surface area contributed by atoms with E-state index in [0.717, 1.165) is 25.2 Å². The molecule has 0 amide bonds. The number of unbranched alkanes of at least 4 members (excludes halogenated alkanes) is 1. The first-order valence-corrected chi connectivity index (χ1v) is 14.0. The second kappa shape index (κ2) is 13.2. The summed E-state index contributed by atoms with van der Waals surface area (Å²) in [5.41, 5.74) is -0.206. The van der Waals surface area contributed by atoms with Crippen molar-refractivity contribution in [3.05, 3.63) is 59.2 Å². The Morgan fingerprint density at radius 3 is 2.38 bits per heavy atom. The minimum absolute atomic E-state index is 0. The van der Waals surface area contributed by atoms with Crippen LogP contribution in [0, 0.1) is 0 Å². The molecular formula is C23H24N3Na3O6S2. The van der Waals surface area contributed by atoms with Gasteiger partial charge in [-0.2, -0.15) is 0 Å². The molecule has 2 aliphatic rings. The van der Waals surface area contributed by atoms with Crippen molar-refractivity contribution in [1.29, 1.82) is 0 Å². The Balaban J connectivity index is 0.00000228. The zero-order valence-electron chi connectivity index (χ0n) is 21.9. The number of amidine groups is 1. The van der Waals surface area contributed by atoms with Crippen LogP contribution < -0.4 is 104 Å². The van der Waals surface area contributed by atoms with E-state index < -0.39 is 37.8 Å². The van der Waals surface area contributed by atoms with E-state index in [1.165, 1.54) is 12.1 Å². The summed E-state index contributed by atoms with van der Waals surface area (Å²) < 4.78 is 55.0. The number of carbonyl (C=O) groups excluding carboxylic acids is 1. The molecule has 37 heavy (non-hydrogen) atoms. The first-order chi connectivity index (χ1) is 15.9. The van der Waals surface area contributed by atoms with Crippen molar-refractivity contribution in [2.24, 2.45) is 4.40 Å². The molecule has 4 rings (SSSR count). The quantitative estimate of drug-likeness (QED) is 0.327. The Labute approximate surface area is 285 Å². The van der Waals surface area contributed by atoms with Gasteiger partial charge < -0.3 is 30.3 Å². The summed E-state index contributed by atoms with van der Waals surface area (Å²) in [4.78, 5) is 13.4. The number of nitrogens with one attached hydrogen (secondary N) is 2. The van der Waals surface area contributed by atoms with Crippen LogP contribution in [0.1, 0.15) is 44.2 Å². The van der Waals surface area contributed by atoms with Crippen molar-refractivity contribution in [3.63, 3.8) is 0 Å². The van der Waals surface area contributed by atoms with E-state index >= 15 is 0 Å². The van der Waals surface area contributed by atoms with Crippen LogP contribution in [0.3, 0.4) is 0 Å². The Morgan fingerprint density at radius 1 is 1.11 bits per heavy atom. The Morgan fingerprint density at radius 2 is 1.76 bits per heavy atom. The average molecular weight is 572 g/mol. The van der Waals surface area contributed by atoms with Crippen molar-refractivity contribution in [1.82, 2.24) is 0 Å². The molecule has 0 saturated heterocycles. The molecule has 0 radical (unpaired) electrons. The van der Waals surface area contributed by atoms with Crippen LogP contribution in [0.2, 0.25) is 0 Å². The molecular weight excluding hydrogens is 547 g/mol. The second-order valence-electron chi connectivity index (χ2n) is 8.64. The SMILES string of the molecule is CCCCC1(C)C(=O)C(C2=NS([O-])([O-])c3cc(NS(C)(=O)=O)ccc3N2)=C([O-])c2ccccc21.[Na+].[Na+].[Na+]. The monoisotopic (exact) mass is 571 g/mol. The van der Waals surface area contributed by atoms with Crippen LogP contribution in [0.25, 0.3) is 5.76 Å². The molecule has 0 bridgehead atoms. The number of rotatable bonds is 6. The van der Waals surface area contributed by atoms with Crippen molar-refractivity contribution in [2.75, 3.05) is 16.3 Å². The Kier molecular flexibility index (Phi) is 12.5. The van der Waals surface area contributed by atoms with Gasteiger partial charge in [-0.15, -0.1) is 0 Å². The van der Waals surface area contributed by atoms with Gasteiger partial charge in [0.25, 0.3) is 0 Å². The molecule has 9 nitrogen and oxygen atoms in total. The largest absolute Gasteiger partial charge is 1.00 e. The fourth-order valence-corrected chi connectivity index (χ4v) is 6.04. The number of fused-ring (bicyclic) bond motifs is 2. The van der Waals surface area contributed by atoms with Gasteiger partial charge >= 0.3 is 88.7 Å². The molecule has 0 saturated carbocycles. The van der Waals surface area contributed by atoms with Crippen LogP contribution in [0.4, 0.5) is 11.4 Å². The van der Waals surface area contributed by atoms with Gasteiger partial charge in [0, 0.05) is 4.90 Å². The first-order valence-electron chi connectivity index (χ1n) is 10.7. The molecule has 1 aliphatic heterocycles. The van der Waals surface area contributed by atoms with E-state index in [-0.39, 0.29) is 116 Å². The molecule has 1 heterocycles. The van der Waals surface area contributed by atoms with Gasteiger partial charge in [-0.1, -0.05) is 49.8 Å². The molecule has 182 valence electrons. The summed E-state index contributed by atoms with van der Waals surface area (Å²) in [5, 5.41) is 16.2. The number of ketones is 1. The number of sulfonamides is 2. The normalized spacial score (nSPS) is 20.5. The van der Waals surface area contributed by atoms with Gasteiger partial charge in [-0.05, 0) is 42.7 Å². The topological polar surface area (TPSA) is 157 Å². The summed E-state index contributed by atoms with van der Waals surface area (Å²) >= 11 is 0. The zero-order valence-corrected chi connectivity index (χ0v) is 29.5. The molecule has 0 fully saturated rings. The summed E-state index contributed by atoms with van der Waals surface area (Å²) in [6, 6.07) is 10.7. The van der Waals surface area contributed by atoms with Crippen molar-refractivity contribution in [3.8, 4) is 0 Å². The van der Waals surface area contributed by atoms with Gasteiger partial charge in [0.15, 0.2) is 11.6 Å². The van der Waals surface area contributed by atoms with Gasteiger partial charge in [0.05, 0.1) is 28.6 Å². The molecule has 2 aromatic rings. The third-order valence-corrected chi connectivity index (χ3v) is 7.94. The predicted octanol–water partition coefficient (Wildman–Crippen LogP) is -5.96. The molecule has 0 spiro atoms. The Bertz CT molecular complexity index is 1370. The maximum atomic E-state index is 13.7. The van der Waals surface area contributed by atoms with Crippen LogP contribution in [0.5, 0.6) is 0 Å². The van der Waals surface area contributed by atoms with Crippen LogP contribution >= 0.6 is 10.8 Å². The van der Waals surface area contributed by atoms with Crippen LogP contribution in [0.15, 0.2) is 57.3 Å². The van der Waals surface area contributed by atoms with E-state index in [2.05, 4.69) is 14.4 Å². The summed E-state index contributed by atoms with van der Waals surface area (Å²) in [6.45, 7) is 3.77. The summed E-state index contributed by atoms with van der Waals surface area (Å²) in [5.74, 6) is -1.40. The minimum Gasteiger partial charge on any atom is -0.871 e. The van der Waals surface area contributed by atoms with Crippen LogP contribution in [-0.2, 0) is 20.2 Å². The number of hydrogen-bond acceptors (Lipinski definition) is 8. The van der Waals surface area contributed by atoms with Gasteiger partial charge in [-0.25, -0.2) is 12.8 Å². The van der Waals surface area contributed by atoms with Crippen molar-refractivity contribution < 1.29 is 116 Å². The third-order valence-electron chi connectivity index (χ3n) is 6.02. The van der Waals surface area contributed by atoms with Crippen LogP contribution in [-0.4, -0.2) is 35.4 Å². The number of nitrogens with zero attached hydrogens (tertiary/aromatic N) is 1. The predicted molar refractivity (Wildman–Crippen MR) is 129 cm³/mol. The molecule has 1 unspecified atom stereocenters. The molecule has 0 aromatic heterocycles. The van der Waals surface area contributed by atoms with E-state index in [0.29, 0.717) is 17.5 Å². The third kappa shape index (κ3) is 7.08. The smallest absolute Gasteiger partial charge is 0.871 e. The maximum Gasteiger partial charge on any atom is 1.00 e. The summed E-state index contributed by atoms with van der Waals surface area (Å²) in [7, 11) is -7.96. The number of hydrogen-bond donors (Lipinski definition) is 2. The van der Waals surface area contributed by atoms with Crippen molar-refractivity contribution in [2.45, 2.75) is 43.4 Å². The molecule has 1 aliphatic carbocycles. The molecule has 14 heteroatoms. The van der Waals surface area contributed by atoms with E-state index in [1.54, 1.807) is 31.2 Å². The van der Waals surface area contributed by atoms with E-state index in [1.807, 2.05) is 6.92 Å². The zero-order chi connectivity index (χ0) is 24.9. The van der Waals surface area contributed by atoms with E-state index in [4.69, 9.17) is 0 Å². The second-order valence-corrected chi connectivity index (χ2v) is 12.0. The first kappa shape index (κ1) is 35.2.